The highest BCUT2D eigenvalue weighted by Crippen LogP contribution is 2.42. The first-order chi connectivity index (χ1) is 15.7. The van der Waals surface area contributed by atoms with E-state index < -0.39 is 17.6 Å². The fraction of sp³-hybridized carbons (Fsp3) is 0.250. The van der Waals surface area contributed by atoms with E-state index in [9.17, 15) is 14.7 Å². The number of ether oxygens (including phenoxy) is 1. The van der Waals surface area contributed by atoms with Crippen molar-refractivity contribution in [1.82, 2.24) is 15.3 Å². The molecule has 0 saturated heterocycles. The number of carboxylic acid groups (broad SMARTS) is 1. The Bertz CT molecular complexity index is 1200. The van der Waals surface area contributed by atoms with Crippen molar-refractivity contribution in [3.8, 4) is 6.01 Å². The van der Waals surface area contributed by atoms with Crippen molar-refractivity contribution in [3.63, 3.8) is 0 Å². The van der Waals surface area contributed by atoms with Crippen molar-refractivity contribution in [2.45, 2.75) is 25.5 Å². The van der Waals surface area contributed by atoms with Gasteiger partial charge in [-0.2, -0.15) is 0 Å². The molecule has 1 aromatic heterocycles. The van der Waals surface area contributed by atoms with E-state index in [2.05, 4.69) is 15.3 Å². The number of carbonyl (C=O) groups is 2. The molecule has 0 bridgehead atoms. The van der Waals surface area contributed by atoms with Crippen LogP contribution in [0.4, 0.5) is 5.69 Å². The van der Waals surface area contributed by atoms with Gasteiger partial charge < -0.3 is 14.7 Å². The third kappa shape index (κ3) is 4.15. The Hall–Kier alpha value is -3.49. The molecule has 0 saturated carbocycles. The average Bonchev–Trinajstić information content (AvgIpc) is 2.87. The highest BCUT2D eigenvalue weighted by Gasteiger charge is 2.52. The van der Waals surface area contributed by atoms with E-state index in [0.29, 0.717) is 33.2 Å². The van der Waals surface area contributed by atoms with Crippen molar-refractivity contribution in [3.05, 3.63) is 82.1 Å². The van der Waals surface area contributed by atoms with E-state index in [-0.39, 0.29) is 18.5 Å². The number of amides is 1. The van der Waals surface area contributed by atoms with Gasteiger partial charge in [-0.15, -0.1) is 0 Å². The molecule has 0 fully saturated rings. The summed E-state index contributed by atoms with van der Waals surface area (Å²) < 4.78 is 6.00. The minimum atomic E-state index is -1.53. The Balaban J connectivity index is 2.02. The molecule has 1 unspecified atom stereocenters. The van der Waals surface area contributed by atoms with Crippen LogP contribution in [0.25, 0.3) is 0 Å². The van der Waals surface area contributed by atoms with Crippen LogP contribution in [0.3, 0.4) is 0 Å². The van der Waals surface area contributed by atoms with E-state index in [1.165, 1.54) is 4.90 Å². The van der Waals surface area contributed by atoms with Gasteiger partial charge in [0.1, 0.15) is 5.54 Å². The first-order valence-electron chi connectivity index (χ1n) is 10.3. The molecule has 3 aromatic rings. The largest absolute Gasteiger partial charge is 0.478 e. The molecule has 33 heavy (non-hydrogen) atoms. The molecule has 1 amide bonds. The normalized spacial score (nSPS) is 18.9. The van der Waals surface area contributed by atoms with Crippen LogP contribution < -0.4 is 15.0 Å². The Morgan fingerprint density at radius 2 is 1.82 bits per heavy atom. The number of carbonyl (C=O) groups excluding carboxylic acids is 1. The molecule has 1 aliphatic heterocycles. The number of nitrogens with one attached hydrogen (secondary N) is 1. The number of nitrogens with zero attached hydrogens (tertiary/aromatic N) is 3. The van der Waals surface area contributed by atoms with Gasteiger partial charge in [0.25, 0.3) is 0 Å². The Kier molecular flexibility index (Phi) is 6.05. The number of aryl methyl sites for hydroxylation is 2. The minimum Gasteiger partial charge on any atom is -0.478 e. The highest BCUT2D eigenvalue weighted by atomic mass is 35.5. The second kappa shape index (κ2) is 8.80. The summed E-state index contributed by atoms with van der Waals surface area (Å²) in [4.78, 5) is 35.6. The van der Waals surface area contributed by atoms with Crippen molar-refractivity contribution in [2.75, 3.05) is 18.5 Å². The first kappa shape index (κ1) is 22.7. The molecule has 0 aliphatic carbocycles. The van der Waals surface area contributed by atoms with E-state index in [4.69, 9.17) is 16.3 Å². The lowest BCUT2D eigenvalue weighted by Gasteiger charge is -2.39. The molecule has 2 aromatic carbocycles. The van der Waals surface area contributed by atoms with Crippen LogP contribution >= 0.6 is 11.6 Å². The van der Waals surface area contributed by atoms with Crippen LogP contribution in [-0.4, -0.2) is 46.6 Å². The predicted molar refractivity (Wildman–Crippen MR) is 124 cm³/mol. The summed E-state index contributed by atoms with van der Waals surface area (Å²) in [6, 6.07) is 15.7. The summed E-state index contributed by atoms with van der Waals surface area (Å²) in [5, 5.41) is 14.0. The van der Waals surface area contributed by atoms with Crippen LogP contribution in [-0.2, 0) is 15.1 Å². The summed E-state index contributed by atoms with van der Waals surface area (Å²) in [6.07, 6.45) is -1.53. The summed E-state index contributed by atoms with van der Waals surface area (Å²) in [5.74, 6) is -1.49. The zero-order valence-electron chi connectivity index (χ0n) is 18.4. The zero-order valence-corrected chi connectivity index (χ0v) is 19.1. The topological polar surface area (TPSA) is 105 Å². The Morgan fingerprint density at radius 3 is 2.45 bits per heavy atom. The molecule has 170 valence electrons. The molecule has 2 atom stereocenters. The number of rotatable bonds is 5. The van der Waals surface area contributed by atoms with Crippen LogP contribution in [0, 0.1) is 13.8 Å². The van der Waals surface area contributed by atoms with E-state index in [1.54, 1.807) is 69.4 Å². The lowest BCUT2D eigenvalue weighted by molar-refractivity contribution is -0.149. The van der Waals surface area contributed by atoms with Crippen LogP contribution in [0.2, 0.25) is 5.02 Å². The molecule has 0 radical (unpaired) electrons. The zero-order chi connectivity index (χ0) is 23.8. The van der Waals surface area contributed by atoms with E-state index >= 15 is 0 Å². The number of fused-ring (bicyclic) bond motifs is 1. The maximum Gasteiger partial charge on any atom is 0.347 e. The number of aromatic nitrogens is 2. The third-order valence-electron chi connectivity index (χ3n) is 5.67. The van der Waals surface area contributed by atoms with Gasteiger partial charge in [0, 0.05) is 34.7 Å². The summed E-state index contributed by atoms with van der Waals surface area (Å²) >= 11 is 6.37. The van der Waals surface area contributed by atoms with Crippen LogP contribution in [0.1, 0.15) is 22.5 Å². The number of hydrogen-bond acceptors (Lipinski definition) is 6. The lowest BCUT2D eigenvalue weighted by Crippen LogP contribution is -2.58. The number of likely N-dealkylation sites (N-methyl/N-ethyl adjacent to an activating group) is 1. The molecule has 1 aliphatic rings. The monoisotopic (exact) mass is 466 g/mol. The molecule has 4 rings (SSSR count). The average molecular weight is 467 g/mol. The molecule has 8 nitrogen and oxygen atoms in total. The SMILES string of the molecule is Cc1cc(C)nc(OC(C(=O)O)[C@@]2(c3ccccc3)NCC(=O)N(C)c3ccc(Cl)cc32)n1. The van der Waals surface area contributed by atoms with Gasteiger partial charge in [-0.05, 0) is 43.7 Å². The molecule has 0 spiro atoms. The summed E-state index contributed by atoms with van der Waals surface area (Å²) in [7, 11) is 1.64. The number of anilines is 1. The second-order valence-electron chi connectivity index (χ2n) is 7.91. The van der Waals surface area contributed by atoms with E-state index in [1.807, 2.05) is 6.07 Å². The van der Waals surface area contributed by atoms with Gasteiger partial charge >= 0.3 is 12.0 Å². The fourth-order valence-electron chi connectivity index (χ4n) is 4.20. The number of benzene rings is 2. The smallest absolute Gasteiger partial charge is 0.347 e. The molecular formula is C24H23ClN4O4. The Morgan fingerprint density at radius 1 is 1.15 bits per heavy atom. The number of halogens is 1. The predicted octanol–water partition coefficient (Wildman–Crippen LogP) is 3.09. The number of hydrogen-bond donors (Lipinski definition) is 2. The summed E-state index contributed by atoms with van der Waals surface area (Å²) in [6.45, 7) is 3.42. The summed E-state index contributed by atoms with van der Waals surface area (Å²) in [5.41, 5.74) is 1.41. The third-order valence-corrected chi connectivity index (χ3v) is 5.90. The van der Waals surface area contributed by atoms with Crippen molar-refractivity contribution >= 4 is 29.2 Å². The van der Waals surface area contributed by atoms with Crippen LogP contribution in [0.15, 0.2) is 54.6 Å². The van der Waals surface area contributed by atoms with Crippen molar-refractivity contribution in [1.29, 1.82) is 0 Å². The molecule has 2 heterocycles. The van der Waals surface area contributed by atoms with Gasteiger partial charge in [-0.1, -0.05) is 41.9 Å². The standard InChI is InChI=1S/C24H23ClN4O4/c1-14-11-15(2)28-23(27-14)33-21(22(31)32)24(16-7-5-4-6-8-16)18-12-17(25)9-10-19(18)29(3)20(30)13-26-24/h4-12,21,26H,13H2,1-3H3,(H,31,32)/t21?,24-/m0/s1. The van der Waals surface area contributed by atoms with Gasteiger partial charge in [-0.25, -0.2) is 14.8 Å². The quantitative estimate of drug-likeness (QED) is 0.595. The van der Waals surface area contributed by atoms with Gasteiger partial charge in [0.15, 0.2) is 0 Å². The van der Waals surface area contributed by atoms with Gasteiger partial charge in [0.05, 0.1) is 6.54 Å². The van der Waals surface area contributed by atoms with Crippen LogP contribution in [0.5, 0.6) is 6.01 Å². The Labute approximate surface area is 196 Å². The lowest BCUT2D eigenvalue weighted by atomic mass is 9.77. The maximum atomic E-state index is 12.8. The maximum absolute atomic E-state index is 12.8. The number of carboxylic acids is 1. The molecular weight excluding hydrogens is 444 g/mol. The van der Waals surface area contributed by atoms with Crippen molar-refractivity contribution < 1.29 is 19.4 Å². The van der Waals surface area contributed by atoms with Gasteiger partial charge in [0.2, 0.25) is 12.0 Å². The van der Waals surface area contributed by atoms with Crippen molar-refractivity contribution in [2.24, 2.45) is 0 Å². The molecule has 9 heteroatoms. The number of aliphatic carboxylic acids is 1. The molecule has 2 N–H and O–H groups in total. The first-order valence-corrected chi connectivity index (χ1v) is 10.7. The second-order valence-corrected chi connectivity index (χ2v) is 8.35. The minimum absolute atomic E-state index is 0.0653. The van der Waals surface area contributed by atoms with Gasteiger partial charge in [-0.3, -0.25) is 10.1 Å². The highest BCUT2D eigenvalue weighted by molar-refractivity contribution is 6.30. The van der Waals surface area contributed by atoms with E-state index in [0.717, 1.165) is 0 Å². The fourth-order valence-corrected chi connectivity index (χ4v) is 4.37.